The van der Waals surface area contributed by atoms with Crippen LogP contribution in [0.1, 0.15) is 24.1 Å². The molecular weight excluding hydrogens is 288 g/mol. The molecule has 0 bridgehead atoms. The summed E-state index contributed by atoms with van der Waals surface area (Å²) in [6.07, 6.45) is -4.71. The van der Waals surface area contributed by atoms with Gasteiger partial charge in [0, 0.05) is 25.2 Å². The smallest absolute Gasteiger partial charge is 0.379 e. The molecule has 1 saturated heterocycles. The fourth-order valence-corrected chi connectivity index (χ4v) is 2.63. The van der Waals surface area contributed by atoms with Gasteiger partial charge < -0.3 is 10.5 Å². The lowest BCUT2D eigenvalue weighted by atomic mass is 10.00. The molecule has 1 aromatic rings. The minimum Gasteiger partial charge on any atom is -0.379 e. The number of benzene rings is 1. The van der Waals surface area contributed by atoms with E-state index in [2.05, 4.69) is 0 Å². The average Bonchev–Trinajstić information content (AvgIpc) is 2.42. The SMILES string of the molecule is CC1COCCN1C(CN)c1ccc(F)c(C(F)(F)F)c1. The first kappa shape index (κ1) is 16.2. The van der Waals surface area contributed by atoms with Gasteiger partial charge in [-0.25, -0.2) is 4.39 Å². The number of hydrogen-bond donors (Lipinski definition) is 1. The van der Waals surface area contributed by atoms with E-state index in [9.17, 15) is 17.6 Å². The molecule has 0 spiro atoms. The number of rotatable bonds is 3. The van der Waals surface area contributed by atoms with Crippen molar-refractivity contribution in [2.75, 3.05) is 26.3 Å². The third-order valence-corrected chi connectivity index (χ3v) is 3.72. The normalized spacial score (nSPS) is 22.3. The highest BCUT2D eigenvalue weighted by atomic mass is 19.4. The van der Waals surface area contributed by atoms with Gasteiger partial charge in [-0.3, -0.25) is 4.90 Å². The molecule has 2 unspecified atom stereocenters. The van der Waals surface area contributed by atoms with Crippen molar-refractivity contribution < 1.29 is 22.3 Å². The van der Waals surface area contributed by atoms with Crippen LogP contribution in [-0.4, -0.2) is 37.2 Å². The minimum atomic E-state index is -4.71. The van der Waals surface area contributed by atoms with Crippen molar-refractivity contribution >= 4 is 0 Å². The number of nitrogens with two attached hydrogens (primary N) is 1. The Hall–Kier alpha value is -1.18. The van der Waals surface area contributed by atoms with Crippen LogP contribution in [0.15, 0.2) is 18.2 Å². The van der Waals surface area contributed by atoms with E-state index in [0.29, 0.717) is 25.3 Å². The summed E-state index contributed by atoms with van der Waals surface area (Å²) in [5, 5.41) is 0. The molecule has 0 saturated carbocycles. The van der Waals surface area contributed by atoms with Crippen LogP contribution in [0.4, 0.5) is 17.6 Å². The maximum Gasteiger partial charge on any atom is 0.419 e. The number of hydrogen-bond acceptors (Lipinski definition) is 3. The lowest BCUT2D eigenvalue weighted by molar-refractivity contribution is -0.140. The van der Waals surface area contributed by atoms with Crippen molar-refractivity contribution in [2.45, 2.75) is 25.2 Å². The summed E-state index contributed by atoms with van der Waals surface area (Å²) >= 11 is 0. The van der Waals surface area contributed by atoms with Gasteiger partial charge in [0.05, 0.1) is 18.8 Å². The summed E-state index contributed by atoms with van der Waals surface area (Å²) in [6.45, 7) is 3.68. The second-order valence-electron chi connectivity index (χ2n) is 5.15. The first-order valence-corrected chi connectivity index (χ1v) is 6.74. The molecule has 1 fully saturated rings. The molecule has 0 amide bonds. The third-order valence-electron chi connectivity index (χ3n) is 3.72. The van der Waals surface area contributed by atoms with E-state index in [4.69, 9.17) is 10.5 Å². The molecular formula is C14H18F4N2O. The molecule has 2 atom stereocenters. The quantitative estimate of drug-likeness (QED) is 0.872. The zero-order valence-electron chi connectivity index (χ0n) is 11.7. The topological polar surface area (TPSA) is 38.5 Å². The maximum absolute atomic E-state index is 13.4. The second-order valence-corrected chi connectivity index (χ2v) is 5.15. The summed E-state index contributed by atoms with van der Waals surface area (Å²) in [4.78, 5) is 2.00. The van der Waals surface area contributed by atoms with Gasteiger partial charge in [0.25, 0.3) is 0 Å². The lowest BCUT2D eigenvalue weighted by Crippen LogP contribution is -2.47. The number of alkyl halides is 3. The van der Waals surface area contributed by atoms with Gasteiger partial charge in [-0.1, -0.05) is 6.07 Å². The molecule has 1 aliphatic rings. The van der Waals surface area contributed by atoms with Crippen LogP contribution in [0.25, 0.3) is 0 Å². The Morgan fingerprint density at radius 1 is 1.43 bits per heavy atom. The predicted molar refractivity (Wildman–Crippen MR) is 70.2 cm³/mol. The highest BCUT2D eigenvalue weighted by Crippen LogP contribution is 2.34. The first-order chi connectivity index (χ1) is 9.84. The van der Waals surface area contributed by atoms with E-state index in [-0.39, 0.29) is 18.6 Å². The summed E-state index contributed by atoms with van der Waals surface area (Å²) < 4.78 is 57.1. The Kier molecular flexibility index (Phi) is 4.85. The Morgan fingerprint density at radius 3 is 2.71 bits per heavy atom. The molecule has 21 heavy (non-hydrogen) atoms. The van der Waals surface area contributed by atoms with E-state index in [1.54, 1.807) is 0 Å². The average molecular weight is 306 g/mol. The molecule has 0 radical (unpaired) electrons. The van der Waals surface area contributed by atoms with Crippen LogP contribution in [-0.2, 0) is 10.9 Å². The van der Waals surface area contributed by atoms with Crippen LogP contribution >= 0.6 is 0 Å². The summed E-state index contributed by atoms with van der Waals surface area (Å²) in [5.41, 5.74) is 4.86. The van der Waals surface area contributed by atoms with Crippen LogP contribution in [0, 0.1) is 5.82 Å². The highest BCUT2D eigenvalue weighted by molar-refractivity contribution is 5.30. The van der Waals surface area contributed by atoms with Crippen molar-refractivity contribution in [3.8, 4) is 0 Å². The van der Waals surface area contributed by atoms with Crippen LogP contribution in [0.2, 0.25) is 0 Å². The standard InChI is InChI=1S/C14H18F4N2O/c1-9-8-21-5-4-20(9)13(7-19)10-2-3-12(15)11(6-10)14(16,17)18/h2-3,6,9,13H,4-5,7-8,19H2,1H3. The largest absolute Gasteiger partial charge is 0.419 e. The number of ether oxygens (including phenoxy) is 1. The summed E-state index contributed by atoms with van der Waals surface area (Å²) in [7, 11) is 0. The van der Waals surface area contributed by atoms with Gasteiger partial charge in [0.1, 0.15) is 5.82 Å². The molecule has 2 N–H and O–H groups in total. The van der Waals surface area contributed by atoms with E-state index in [1.807, 2.05) is 11.8 Å². The molecule has 1 heterocycles. The summed E-state index contributed by atoms with van der Waals surface area (Å²) in [6, 6.07) is 2.74. The zero-order valence-corrected chi connectivity index (χ0v) is 11.7. The zero-order chi connectivity index (χ0) is 15.6. The van der Waals surface area contributed by atoms with Crippen molar-refractivity contribution in [1.29, 1.82) is 0 Å². The second kappa shape index (κ2) is 6.29. The number of morpholine rings is 1. The van der Waals surface area contributed by atoms with E-state index >= 15 is 0 Å². The van der Waals surface area contributed by atoms with Gasteiger partial charge in [-0.15, -0.1) is 0 Å². The molecule has 2 rings (SSSR count). The Labute approximate surface area is 120 Å². The Balaban J connectivity index is 2.34. The van der Waals surface area contributed by atoms with Gasteiger partial charge >= 0.3 is 6.18 Å². The first-order valence-electron chi connectivity index (χ1n) is 6.74. The van der Waals surface area contributed by atoms with E-state index in [1.165, 1.54) is 6.07 Å². The Morgan fingerprint density at radius 2 is 2.14 bits per heavy atom. The van der Waals surface area contributed by atoms with Crippen molar-refractivity contribution in [3.63, 3.8) is 0 Å². The van der Waals surface area contributed by atoms with Crippen LogP contribution in [0.5, 0.6) is 0 Å². The molecule has 0 aromatic heterocycles. The molecule has 1 aromatic carbocycles. The Bertz CT molecular complexity index is 492. The minimum absolute atomic E-state index is 0.0479. The highest BCUT2D eigenvalue weighted by Gasteiger charge is 2.35. The van der Waals surface area contributed by atoms with Crippen LogP contribution in [0.3, 0.4) is 0 Å². The van der Waals surface area contributed by atoms with Crippen LogP contribution < -0.4 is 5.73 Å². The fraction of sp³-hybridized carbons (Fsp3) is 0.571. The number of halogens is 4. The van der Waals surface area contributed by atoms with Gasteiger partial charge in [-0.05, 0) is 24.6 Å². The van der Waals surface area contributed by atoms with Crippen molar-refractivity contribution in [1.82, 2.24) is 4.90 Å². The molecule has 7 heteroatoms. The molecule has 0 aliphatic carbocycles. The van der Waals surface area contributed by atoms with Crippen molar-refractivity contribution in [2.24, 2.45) is 5.73 Å². The van der Waals surface area contributed by atoms with Gasteiger partial charge in [0.15, 0.2) is 0 Å². The summed E-state index contributed by atoms with van der Waals surface area (Å²) in [5.74, 6) is -1.27. The van der Waals surface area contributed by atoms with Gasteiger partial charge in [-0.2, -0.15) is 13.2 Å². The monoisotopic (exact) mass is 306 g/mol. The molecule has 118 valence electrons. The van der Waals surface area contributed by atoms with E-state index in [0.717, 1.165) is 12.1 Å². The molecule has 3 nitrogen and oxygen atoms in total. The number of nitrogens with zero attached hydrogens (tertiary/aromatic N) is 1. The van der Waals surface area contributed by atoms with Gasteiger partial charge in [0.2, 0.25) is 0 Å². The predicted octanol–water partition coefficient (Wildman–Crippen LogP) is 2.57. The van der Waals surface area contributed by atoms with E-state index < -0.39 is 17.6 Å². The molecule has 1 aliphatic heterocycles. The fourth-order valence-electron chi connectivity index (χ4n) is 2.63. The maximum atomic E-state index is 13.4. The third kappa shape index (κ3) is 3.53. The van der Waals surface area contributed by atoms with Crippen molar-refractivity contribution in [3.05, 3.63) is 35.1 Å². The lowest BCUT2D eigenvalue weighted by Gasteiger charge is -2.39.